The molecular formula is C10H14N2O6S. The Labute approximate surface area is 109 Å². The number of rotatable bonds is 6. The van der Waals surface area contributed by atoms with Gasteiger partial charge in [-0.3, -0.25) is 10.1 Å². The first-order valence-electron chi connectivity index (χ1n) is 5.31. The van der Waals surface area contributed by atoms with Gasteiger partial charge >= 0.3 is 0 Å². The lowest BCUT2D eigenvalue weighted by molar-refractivity contribution is -0.385. The molecule has 0 bridgehead atoms. The molecule has 19 heavy (non-hydrogen) atoms. The SMILES string of the molecule is Cc1ccc(S(=O)(=O)NC(CO)CO)cc1[N+](=O)[O-]. The number of aryl methyl sites for hydroxylation is 1. The van der Waals surface area contributed by atoms with Crippen molar-refractivity contribution in [3.63, 3.8) is 0 Å². The number of hydrogen-bond donors (Lipinski definition) is 3. The van der Waals surface area contributed by atoms with E-state index in [9.17, 15) is 18.5 Å². The first-order chi connectivity index (χ1) is 8.81. The van der Waals surface area contributed by atoms with E-state index in [4.69, 9.17) is 10.2 Å². The lowest BCUT2D eigenvalue weighted by atomic mass is 10.2. The van der Waals surface area contributed by atoms with Gasteiger partial charge in [-0.05, 0) is 13.0 Å². The maximum Gasteiger partial charge on any atom is 0.273 e. The molecule has 0 aliphatic heterocycles. The van der Waals surface area contributed by atoms with Crippen LogP contribution >= 0.6 is 0 Å². The van der Waals surface area contributed by atoms with Gasteiger partial charge in [-0.1, -0.05) is 6.07 Å². The maximum atomic E-state index is 11.9. The highest BCUT2D eigenvalue weighted by atomic mass is 32.2. The zero-order chi connectivity index (χ0) is 14.6. The van der Waals surface area contributed by atoms with Crippen LogP contribution in [-0.2, 0) is 10.0 Å². The molecule has 0 aromatic heterocycles. The second kappa shape index (κ2) is 6.06. The second-order valence-electron chi connectivity index (χ2n) is 3.89. The topological polar surface area (TPSA) is 130 Å². The molecule has 0 saturated heterocycles. The van der Waals surface area contributed by atoms with E-state index in [1.54, 1.807) is 0 Å². The number of nitrogens with zero attached hydrogens (tertiary/aromatic N) is 1. The summed E-state index contributed by atoms with van der Waals surface area (Å²) in [5.74, 6) is 0. The van der Waals surface area contributed by atoms with E-state index in [2.05, 4.69) is 0 Å². The lowest BCUT2D eigenvalue weighted by Crippen LogP contribution is -2.40. The highest BCUT2D eigenvalue weighted by molar-refractivity contribution is 7.89. The number of sulfonamides is 1. The Morgan fingerprint density at radius 2 is 1.95 bits per heavy atom. The van der Waals surface area contributed by atoms with Crippen molar-refractivity contribution in [1.29, 1.82) is 0 Å². The third-order valence-electron chi connectivity index (χ3n) is 2.45. The summed E-state index contributed by atoms with van der Waals surface area (Å²) in [7, 11) is -4.03. The van der Waals surface area contributed by atoms with Crippen LogP contribution in [0.2, 0.25) is 0 Å². The molecule has 0 aliphatic carbocycles. The van der Waals surface area contributed by atoms with Crippen LogP contribution in [0.4, 0.5) is 5.69 Å². The van der Waals surface area contributed by atoms with Gasteiger partial charge in [0.25, 0.3) is 5.69 Å². The largest absolute Gasteiger partial charge is 0.395 e. The number of nitro groups is 1. The van der Waals surface area contributed by atoms with Gasteiger partial charge in [0.15, 0.2) is 0 Å². The summed E-state index contributed by atoms with van der Waals surface area (Å²) in [5.41, 5.74) is 0.0252. The number of aliphatic hydroxyl groups is 2. The molecule has 0 saturated carbocycles. The van der Waals surface area contributed by atoms with Crippen molar-refractivity contribution >= 4 is 15.7 Å². The lowest BCUT2D eigenvalue weighted by Gasteiger charge is -2.13. The minimum atomic E-state index is -4.03. The van der Waals surface area contributed by atoms with Gasteiger partial charge < -0.3 is 10.2 Å². The average molecular weight is 290 g/mol. The van der Waals surface area contributed by atoms with Gasteiger partial charge in [0.05, 0.1) is 29.1 Å². The summed E-state index contributed by atoms with van der Waals surface area (Å²) in [6.45, 7) is 0.333. The molecule has 0 spiro atoms. The molecule has 0 amide bonds. The maximum absolute atomic E-state index is 11.9. The third kappa shape index (κ3) is 3.70. The van der Waals surface area contributed by atoms with Gasteiger partial charge in [-0.15, -0.1) is 0 Å². The average Bonchev–Trinajstić information content (AvgIpc) is 2.35. The molecular weight excluding hydrogens is 276 g/mol. The molecule has 9 heteroatoms. The van der Waals surface area contributed by atoms with Crippen molar-refractivity contribution < 1.29 is 23.6 Å². The van der Waals surface area contributed by atoms with E-state index < -0.39 is 34.2 Å². The minimum Gasteiger partial charge on any atom is -0.395 e. The highest BCUT2D eigenvalue weighted by Gasteiger charge is 2.22. The Morgan fingerprint density at radius 1 is 1.37 bits per heavy atom. The monoisotopic (exact) mass is 290 g/mol. The Hall–Kier alpha value is -1.55. The van der Waals surface area contributed by atoms with E-state index in [-0.39, 0.29) is 10.6 Å². The van der Waals surface area contributed by atoms with Crippen LogP contribution in [0.5, 0.6) is 0 Å². The normalized spacial score (nSPS) is 11.8. The third-order valence-corrected chi connectivity index (χ3v) is 3.97. The van der Waals surface area contributed by atoms with Crippen LogP contribution < -0.4 is 4.72 Å². The predicted octanol–water partition coefficient (Wildman–Crippen LogP) is -0.465. The molecule has 0 aliphatic rings. The van der Waals surface area contributed by atoms with Crippen LogP contribution in [0.1, 0.15) is 5.56 Å². The zero-order valence-corrected chi connectivity index (χ0v) is 10.9. The Kier molecular flexibility index (Phi) is 4.95. The van der Waals surface area contributed by atoms with E-state index in [0.29, 0.717) is 5.56 Å². The van der Waals surface area contributed by atoms with Crippen LogP contribution in [0.15, 0.2) is 23.1 Å². The standard InChI is InChI=1S/C10H14N2O6S/c1-7-2-3-9(4-10(7)12(15)16)19(17,18)11-8(5-13)6-14/h2-4,8,11,13-14H,5-6H2,1H3. The van der Waals surface area contributed by atoms with Crippen molar-refractivity contribution in [2.75, 3.05) is 13.2 Å². The molecule has 3 N–H and O–H groups in total. The molecule has 1 aromatic rings. The summed E-state index contributed by atoms with van der Waals surface area (Å²) in [5, 5.41) is 28.4. The van der Waals surface area contributed by atoms with Gasteiger partial charge in [-0.2, -0.15) is 0 Å². The van der Waals surface area contributed by atoms with Gasteiger partial charge in [0.1, 0.15) is 0 Å². The summed E-state index contributed by atoms with van der Waals surface area (Å²) < 4.78 is 25.8. The molecule has 0 atom stereocenters. The van der Waals surface area contributed by atoms with Crippen molar-refractivity contribution in [2.24, 2.45) is 0 Å². The molecule has 0 fully saturated rings. The Balaban J connectivity index is 3.15. The molecule has 1 aromatic carbocycles. The van der Waals surface area contributed by atoms with Gasteiger partial charge in [-0.25, -0.2) is 13.1 Å². The number of benzene rings is 1. The molecule has 0 unspecified atom stereocenters. The smallest absolute Gasteiger partial charge is 0.273 e. The molecule has 0 heterocycles. The fourth-order valence-electron chi connectivity index (χ4n) is 1.37. The summed E-state index contributed by atoms with van der Waals surface area (Å²) in [6, 6.07) is 2.42. The van der Waals surface area contributed by atoms with Crippen LogP contribution in [0.3, 0.4) is 0 Å². The molecule has 8 nitrogen and oxygen atoms in total. The first kappa shape index (κ1) is 15.5. The molecule has 1 rings (SSSR count). The van der Waals surface area contributed by atoms with Gasteiger partial charge in [0.2, 0.25) is 10.0 Å². The second-order valence-corrected chi connectivity index (χ2v) is 5.60. The summed E-state index contributed by atoms with van der Waals surface area (Å²) in [6.07, 6.45) is 0. The van der Waals surface area contributed by atoms with Crippen LogP contribution in [0, 0.1) is 17.0 Å². The minimum absolute atomic E-state index is 0.295. The molecule has 0 radical (unpaired) electrons. The van der Waals surface area contributed by atoms with E-state index >= 15 is 0 Å². The van der Waals surface area contributed by atoms with Crippen LogP contribution in [0.25, 0.3) is 0 Å². The Bertz CT molecular complexity index is 567. The van der Waals surface area contributed by atoms with Crippen molar-refractivity contribution in [1.82, 2.24) is 4.72 Å². The summed E-state index contributed by atoms with van der Waals surface area (Å²) in [4.78, 5) is 9.77. The number of aliphatic hydroxyl groups excluding tert-OH is 2. The van der Waals surface area contributed by atoms with E-state index in [0.717, 1.165) is 6.07 Å². The van der Waals surface area contributed by atoms with Gasteiger partial charge in [0, 0.05) is 11.6 Å². The van der Waals surface area contributed by atoms with Crippen molar-refractivity contribution in [2.45, 2.75) is 17.9 Å². The Morgan fingerprint density at radius 3 is 2.42 bits per heavy atom. The fraction of sp³-hybridized carbons (Fsp3) is 0.400. The quantitative estimate of drug-likeness (QED) is 0.480. The van der Waals surface area contributed by atoms with Crippen molar-refractivity contribution in [3.8, 4) is 0 Å². The number of nitrogens with one attached hydrogen (secondary N) is 1. The first-order valence-corrected chi connectivity index (χ1v) is 6.79. The zero-order valence-electron chi connectivity index (χ0n) is 10.1. The predicted molar refractivity (Wildman–Crippen MR) is 66.1 cm³/mol. The van der Waals surface area contributed by atoms with E-state index in [1.165, 1.54) is 19.1 Å². The van der Waals surface area contributed by atoms with Crippen molar-refractivity contribution in [3.05, 3.63) is 33.9 Å². The number of hydrogen-bond acceptors (Lipinski definition) is 6. The van der Waals surface area contributed by atoms with Crippen LogP contribution in [-0.4, -0.2) is 42.8 Å². The highest BCUT2D eigenvalue weighted by Crippen LogP contribution is 2.22. The number of nitro benzene ring substituents is 1. The fourth-order valence-corrected chi connectivity index (χ4v) is 2.61. The van der Waals surface area contributed by atoms with E-state index in [1.807, 2.05) is 4.72 Å². The molecule has 106 valence electrons. The summed E-state index contributed by atoms with van der Waals surface area (Å²) >= 11 is 0.